The van der Waals surface area contributed by atoms with Crippen LogP contribution in [0.25, 0.3) is 0 Å². The third-order valence-corrected chi connectivity index (χ3v) is 14.8. The van der Waals surface area contributed by atoms with Crippen molar-refractivity contribution in [3.63, 3.8) is 0 Å². The van der Waals surface area contributed by atoms with Crippen molar-refractivity contribution < 1.29 is 5.11 Å². The summed E-state index contributed by atoms with van der Waals surface area (Å²) in [5, 5.41) is 10.9. The first-order valence-electron chi connectivity index (χ1n) is 8.60. The first-order chi connectivity index (χ1) is 12.1. The van der Waals surface area contributed by atoms with E-state index in [1.54, 1.807) is 0 Å². The van der Waals surface area contributed by atoms with E-state index in [0.717, 1.165) is 6.16 Å². The van der Waals surface area contributed by atoms with Crippen LogP contribution in [0.3, 0.4) is 0 Å². The van der Waals surface area contributed by atoms with Crippen LogP contribution in [0, 0.1) is 5.92 Å². The molecule has 0 aromatic heterocycles. The molecular weight excluding hydrogens is 391 g/mol. The summed E-state index contributed by atoms with van der Waals surface area (Å²) in [6, 6.07) is 32.1. The molecule has 0 saturated heterocycles. The third kappa shape index (κ3) is 3.19. The molecule has 3 aromatic rings. The molecule has 25 heavy (non-hydrogen) atoms. The Labute approximate surface area is 158 Å². The second-order valence-electron chi connectivity index (χ2n) is 6.66. The van der Waals surface area contributed by atoms with Gasteiger partial charge in [0.15, 0.2) is 0 Å². The summed E-state index contributed by atoms with van der Waals surface area (Å²) in [5.74, 6) is 0.178. The van der Waals surface area contributed by atoms with Crippen molar-refractivity contribution in [2.24, 2.45) is 5.92 Å². The van der Waals surface area contributed by atoms with E-state index in [-0.39, 0.29) is 12.5 Å². The van der Waals surface area contributed by atoms with E-state index in [0.29, 0.717) is 0 Å². The second kappa shape index (κ2) is 7.41. The molecule has 0 aliphatic heterocycles. The van der Waals surface area contributed by atoms with Crippen molar-refractivity contribution >= 4 is 36.7 Å². The Bertz CT molecular complexity index is 706. The molecule has 0 fully saturated rings. The zero-order valence-corrected chi connectivity index (χ0v) is 16.9. The molecule has 0 amide bonds. The topological polar surface area (TPSA) is 20.2 Å². The molecular formula is C22H24BrOP. The summed E-state index contributed by atoms with van der Waals surface area (Å²) in [6.07, 6.45) is 0.875. The summed E-state index contributed by atoms with van der Waals surface area (Å²) in [5.41, 5.74) is 0. The van der Waals surface area contributed by atoms with Gasteiger partial charge < -0.3 is 0 Å². The first-order valence-corrected chi connectivity index (χ1v) is 13.0. The SMILES string of the molecule is C[C@@H](CO)CP(Br)(c1ccccc1)(c1ccccc1)c1ccccc1. The summed E-state index contributed by atoms with van der Waals surface area (Å²) in [7, 11) is 0. The fraction of sp³-hybridized carbons (Fsp3) is 0.182. The first kappa shape index (κ1) is 18.3. The maximum absolute atomic E-state index is 9.85. The van der Waals surface area contributed by atoms with Crippen molar-refractivity contribution in [2.45, 2.75) is 6.92 Å². The third-order valence-electron chi connectivity index (χ3n) is 4.85. The van der Waals surface area contributed by atoms with Crippen LogP contribution in [0.15, 0.2) is 91.0 Å². The number of rotatable bonds is 6. The molecule has 1 atom stereocenters. The van der Waals surface area contributed by atoms with Gasteiger partial charge in [-0.25, -0.2) is 0 Å². The van der Waals surface area contributed by atoms with Gasteiger partial charge in [0.25, 0.3) is 0 Å². The molecule has 3 heteroatoms. The predicted molar refractivity (Wildman–Crippen MR) is 115 cm³/mol. The van der Waals surface area contributed by atoms with Gasteiger partial charge in [-0.1, -0.05) is 0 Å². The van der Waals surface area contributed by atoms with Crippen LogP contribution in [0.1, 0.15) is 6.92 Å². The minimum atomic E-state index is -2.87. The fourth-order valence-electron chi connectivity index (χ4n) is 3.62. The normalized spacial score (nSPS) is 14.4. The Morgan fingerprint density at radius 2 is 1.04 bits per heavy atom. The molecule has 0 aliphatic rings. The van der Waals surface area contributed by atoms with Gasteiger partial charge in [-0.15, -0.1) is 0 Å². The molecule has 1 nitrogen and oxygen atoms in total. The molecule has 0 bridgehead atoms. The van der Waals surface area contributed by atoms with Crippen molar-refractivity contribution in [1.82, 2.24) is 0 Å². The Morgan fingerprint density at radius 3 is 1.32 bits per heavy atom. The van der Waals surface area contributed by atoms with Gasteiger partial charge in [0.1, 0.15) is 0 Å². The van der Waals surface area contributed by atoms with Gasteiger partial charge in [-0.05, 0) is 0 Å². The summed E-state index contributed by atoms with van der Waals surface area (Å²) < 4.78 is 0. The van der Waals surface area contributed by atoms with E-state index < -0.39 is 5.31 Å². The van der Waals surface area contributed by atoms with Crippen molar-refractivity contribution in [3.05, 3.63) is 91.0 Å². The molecule has 0 aliphatic carbocycles. The number of hydrogen-bond donors (Lipinski definition) is 1. The molecule has 1 N–H and O–H groups in total. The maximum atomic E-state index is 9.85. The van der Waals surface area contributed by atoms with Gasteiger partial charge in [-0.3, -0.25) is 0 Å². The van der Waals surface area contributed by atoms with E-state index >= 15 is 0 Å². The molecule has 0 radical (unpaired) electrons. The zero-order chi connectivity index (χ0) is 17.8. The van der Waals surface area contributed by atoms with Crippen LogP contribution in [0.2, 0.25) is 0 Å². The Kier molecular flexibility index (Phi) is 5.43. The van der Waals surface area contributed by atoms with E-state index in [1.165, 1.54) is 15.9 Å². The van der Waals surface area contributed by atoms with Crippen LogP contribution >= 0.6 is 20.8 Å². The molecule has 0 spiro atoms. The van der Waals surface area contributed by atoms with Gasteiger partial charge in [0, 0.05) is 0 Å². The molecule has 0 unspecified atom stereocenters. The summed E-state index contributed by atoms with van der Waals surface area (Å²) in [4.78, 5) is 0. The van der Waals surface area contributed by atoms with Crippen LogP contribution in [-0.4, -0.2) is 17.9 Å². The Balaban J connectivity index is 2.40. The average molecular weight is 415 g/mol. The number of aliphatic hydroxyl groups excluding tert-OH is 1. The van der Waals surface area contributed by atoms with Crippen LogP contribution < -0.4 is 15.9 Å². The molecule has 0 heterocycles. The quantitative estimate of drug-likeness (QED) is 0.590. The van der Waals surface area contributed by atoms with E-state index in [1.807, 2.05) is 0 Å². The van der Waals surface area contributed by atoms with Gasteiger partial charge >= 0.3 is 158 Å². The molecule has 130 valence electrons. The molecule has 0 saturated carbocycles. The summed E-state index contributed by atoms with van der Waals surface area (Å²) in [6.45, 7) is 2.30. The second-order valence-corrected chi connectivity index (χ2v) is 15.6. The number of aliphatic hydroxyl groups is 1. The van der Waals surface area contributed by atoms with Crippen LogP contribution in [0.4, 0.5) is 0 Å². The summed E-state index contributed by atoms with van der Waals surface area (Å²) >= 11 is 4.38. The van der Waals surface area contributed by atoms with Crippen LogP contribution in [-0.2, 0) is 0 Å². The fourth-order valence-corrected chi connectivity index (χ4v) is 12.4. The van der Waals surface area contributed by atoms with Crippen molar-refractivity contribution in [2.75, 3.05) is 12.8 Å². The van der Waals surface area contributed by atoms with E-state index in [9.17, 15) is 5.11 Å². The molecule has 3 aromatic carbocycles. The predicted octanol–water partition coefficient (Wildman–Crippen LogP) is 4.45. The van der Waals surface area contributed by atoms with Gasteiger partial charge in [-0.2, -0.15) is 0 Å². The zero-order valence-electron chi connectivity index (χ0n) is 14.4. The number of halogens is 1. The Morgan fingerprint density at radius 1 is 0.720 bits per heavy atom. The number of hydrogen-bond acceptors (Lipinski definition) is 1. The Hall–Kier alpha value is -1.47. The van der Waals surface area contributed by atoms with E-state index in [2.05, 4.69) is 113 Å². The van der Waals surface area contributed by atoms with Gasteiger partial charge in [0.05, 0.1) is 0 Å². The van der Waals surface area contributed by atoms with Gasteiger partial charge in [0.2, 0.25) is 0 Å². The number of benzene rings is 3. The van der Waals surface area contributed by atoms with E-state index in [4.69, 9.17) is 0 Å². The average Bonchev–Trinajstić information content (AvgIpc) is 2.70. The van der Waals surface area contributed by atoms with Crippen LogP contribution in [0.5, 0.6) is 0 Å². The van der Waals surface area contributed by atoms with Crippen molar-refractivity contribution in [1.29, 1.82) is 0 Å². The standard InChI is InChI=1S/C22H24BrOP/c1-19(17-24)18-25(23,20-11-5-2-6-12-20,21-13-7-3-8-14-21)22-15-9-4-10-16-22/h2-16,19,24H,17-18H2,1H3/t19-/m0/s1. The van der Waals surface area contributed by atoms with Crippen molar-refractivity contribution in [3.8, 4) is 0 Å². The minimum absolute atomic E-state index is 0.177. The molecule has 3 rings (SSSR count). The monoisotopic (exact) mass is 414 g/mol.